The summed E-state index contributed by atoms with van der Waals surface area (Å²) in [7, 11) is 0. The molecule has 0 heterocycles. The molecule has 0 saturated heterocycles. The highest BCUT2D eigenvalue weighted by molar-refractivity contribution is 6.65. The average Bonchev–Trinajstić information content (AvgIpc) is 2.00. The van der Waals surface area contributed by atoms with Crippen molar-refractivity contribution < 1.29 is 14.5 Å². The van der Waals surface area contributed by atoms with Gasteiger partial charge >= 0.3 is 6.92 Å². The molecule has 0 fully saturated rings. The van der Waals surface area contributed by atoms with Gasteiger partial charge in [-0.3, -0.25) is 0 Å². The maximum absolute atomic E-state index is 12.9. The normalized spacial score (nSPS) is 10.0. The number of rotatable bonds is 1. The number of benzene rings is 1. The van der Waals surface area contributed by atoms with Gasteiger partial charge in [-0.2, -0.15) is 0 Å². The van der Waals surface area contributed by atoms with Crippen molar-refractivity contribution in [3.05, 3.63) is 23.0 Å². The molecule has 0 radical (unpaired) electrons. The summed E-state index contributed by atoms with van der Waals surface area (Å²) in [6, 6.07) is 2.67. The number of phenols is 1. The topological polar surface area (TPSA) is 40.5 Å². The van der Waals surface area contributed by atoms with Crippen LogP contribution in [0.15, 0.2) is 12.1 Å². The maximum atomic E-state index is 12.9. The van der Waals surface area contributed by atoms with Crippen molar-refractivity contribution in [3.8, 4) is 5.75 Å². The lowest BCUT2D eigenvalue weighted by Crippen LogP contribution is -2.26. The van der Waals surface area contributed by atoms with Crippen molar-refractivity contribution in [1.82, 2.24) is 0 Å². The molecule has 64 valence electrons. The molecule has 1 rings (SSSR count). The van der Waals surface area contributed by atoms with Crippen LogP contribution in [0.5, 0.6) is 5.75 Å². The van der Waals surface area contributed by atoms with Gasteiger partial charge in [-0.15, -0.1) is 0 Å². The minimum atomic E-state index is -0.906. The van der Waals surface area contributed by atoms with Crippen LogP contribution in [0.2, 0.25) is 11.8 Å². The first-order chi connectivity index (χ1) is 5.54. The third kappa shape index (κ3) is 1.54. The molecule has 0 atom stereocenters. The van der Waals surface area contributed by atoms with Gasteiger partial charge in [0.05, 0.1) is 5.02 Å². The quantitative estimate of drug-likeness (QED) is 0.646. The molecule has 1 aromatic rings. The molecule has 0 spiro atoms. The van der Waals surface area contributed by atoms with Crippen molar-refractivity contribution >= 4 is 24.0 Å². The van der Waals surface area contributed by atoms with Gasteiger partial charge in [0.1, 0.15) is 5.75 Å². The minimum absolute atomic E-state index is 0.136. The summed E-state index contributed by atoms with van der Waals surface area (Å²) in [5.74, 6) is -1.48. The van der Waals surface area contributed by atoms with Crippen LogP contribution < -0.4 is 5.46 Å². The van der Waals surface area contributed by atoms with E-state index in [1.54, 1.807) is 0 Å². The lowest BCUT2D eigenvalue weighted by Gasteiger charge is -2.05. The summed E-state index contributed by atoms with van der Waals surface area (Å²) < 4.78 is 12.9. The fourth-order valence-electron chi connectivity index (χ4n) is 0.892. The second-order valence-electron chi connectivity index (χ2n) is 2.48. The van der Waals surface area contributed by atoms with Gasteiger partial charge in [0, 0.05) is 0 Å². The molecule has 0 aliphatic heterocycles. The van der Waals surface area contributed by atoms with Gasteiger partial charge < -0.3 is 10.1 Å². The number of phenolic OH excluding ortho intramolecular Hbond substituents is 1. The van der Waals surface area contributed by atoms with E-state index < -0.39 is 18.5 Å². The number of halogens is 2. The fraction of sp³-hybridized carbons (Fsp3) is 0.143. The maximum Gasteiger partial charge on any atom is 0.324 e. The molecule has 5 heteroatoms. The Balaban J connectivity index is 3.27. The Bertz CT molecular complexity index is 304. The smallest absolute Gasteiger partial charge is 0.324 e. The van der Waals surface area contributed by atoms with Gasteiger partial charge in [-0.25, -0.2) is 4.39 Å². The molecule has 0 aliphatic rings. The molecule has 1 aromatic carbocycles. The molecular formula is C7H7BClFO2. The largest absolute Gasteiger partial charge is 0.505 e. The lowest BCUT2D eigenvalue weighted by atomic mass is 9.64. The van der Waals surface area contributed by atoms with Crippen LogP contribution in [0, 0.1) is 5.82 Å². The summed E-state index contributed by atoms with van der Waals surface area (Å²) in [6.45, 7) is 0.527. The van der Waals surface area contributed by atoms with Crippen LogP contribution >= 0.6 is 11.6 Å². The first kappa shape index (κ1) is 9.35. The first-order valence-electron chi connectivity index (χ1n) is 3.39. The van der Waals surface area contributed by atoms with Crippen LogP contribution in [0.3, 0.4) is 0 Å². The molecule has 0 amide bonds. The number of aromatic hydroxyl groups is 1. The van der Waals surface area contributed by atoms with Gasteiger partial charge in [0.25, 0.3) is 0 Å². The Morgan fingerprint density at radius 2 is 2.08 bits per heavy atom. The highest BCUT2D eigenvalue weighted by atomic mass is 35.5. The predicted octanol–water partition coefficient (Wildman–Crippen LogP) is 1.01. The third-order valence-corrected chi connectivity index (χ3v) is 1.84. The number of hydrogen-bond acceptors (Lipinski definition) is 2. The zero-order valence-electron chi connectivity index (χ0n) is 6.38. The predicted molar refractivity (Wildman–Crippen MR) is 46.5 cm³/mol. The summed E-state index contributed by atoms with van der Waals surface area (Å²) in [4.78, 5) is 0. The van der Waals surface area contributed by atoms with E-state index in [0.29, 0.717) is 0 Å². The zero-order valence-corrected chi connectivity index (χ0v) is 7.14. The molecular weight excluding hydrogens is 181 g/mol. The van der Waals surface area contributed by atoms with Crippen LogP contribution in [-0.2, 0) is 0 Å². The van der Waals surface area contributed by atoms with Crippen LogP contribution in [0.4, 0.5) is 4.39 Å². The molecule has 0 aliphatic carbocycles. The Hall–Kier alpha value is -0.735. The van der Waals surface area contributed by atoms with Crippen LogP contribution in [0.1, 0.15) is 0 Å². The van der Waals surface area contributed by atoms with E-state index in [0.717, 1.165) is 0 Å². The van der Waals surface area contributed by atoms with Crippen LogP contribution in [-0.4, -0.2) is 17.0 Å². The minimum Gasteiger partial charge on any atom is -0.505 e. The molecule has 0 bridgehead atoms. The van der Waals surface area contributed by atoms with Gasteiger partial charge in [-0.1, -0.05) is 24.5 Å². The zero-order chi connectivity index (χ0) is 9.30. The molecule has 0 unspecified atom stereocenters. The van der Waals surface area contributed by atoms with E-state index in [-0.39, 0.29) is 10.5 Å². The van der Waals surface area contributed by atoms with Crippen LogP contribution in [0.25, 0.3) is 0 Å². The van der Waals surface area contributed by atoms with Crippen molar-refractivity contribution in [2.45, 2.75) is 6.82 Å². The molecule has 0 aromatic heterocycles. The van der Waals surface area contributed by atoms with Crippen molar-refractivity contribution in [2.24, 2.45) is 0 Å². The fourth-order valence-corrected chi connectivity index (χ4v) is 1.04. The van der Waals surface area contributed by atoms with E-state index in [2.05, 4.69) is 0 Å². The third-order valence-electron chi connectivity index (χ3n) is 1.55. The van der Waals surface area contributed by atoms with Gasteiger partial charge in [0.2, 0.25) is 0 Å². The Morgan fingerprint density at radius 3 is 2.58 bits per heavy atom. The number of hydrogen-bond donors (Lipinski definition) is 2. The highest BCUT2D eigenvalue weighted by Gasteiger charge is 2.16. The molecule has 2 nitrogen and oxygen atoms in total. The Labute approximate surface area is 74.7 Å². The second-order valence-corrected chi connectivity index (χ2v) is 2.88. The first-order valence-corrected chi connectivity index (χ1v) is 3.76. The summed E-state index contributed by atoms with van der Waals surface area (Å²) in [5, 5.41) is 18.0. The van der Waals surface area contributed by atoms with Crippen molar-refractivity contribution in [3.63, 3.8) is 0 Å². The van der Waals surface area contributed by atoms with E-state index in [1.165, 1.54) is 19.0 Å². The lowest BCUT2D eigenvalue weighted by molar-refractivity contribution is 0.435. The monoisotopic (exact) mass is 188 g/mol. The SMILES string of the molecule is CB(O)c1ccc(Cl)c(F)c1O. The summed E-state index contributed by atoms with van der Waals surface area (Å²) in [6.07, 6.45) is 0. The van der Waals surface area contributed by atoms with Crippen molar-refractivity contribution in [1.29, 1.82) is 0 Å². The standard InChI is InChI=1S/C7H7BClFO2/c1-8(12)4-2-3-5(9)6(10)7(4)11/h2-3,11-12H,1H3. The van der Waals surface area contributed by atoms with E-state index in [1.807, 2.05) is 0 Å². The van der Waals surface area contributed by atoms with E-state index >= 15 is 0 Å². The van der Waals surface area contributed by atoms with E-state index in [9.17, 15) is 4.39 Å². The van der Waals surface area contributed by atoms with Gasteiger partial charge in [-0.05, 0) is 11.5 Å². The van der Waals surface area contributed by atoms with E-state index in [4.69, 9.17) is 21.7 Å². The summed E-state index contributed by atoms with van der Waals surface area (Å²) in [5.41, 5.74) is 0.136. The second kappa shape index (κ2) is 3.33. The molecule has 12 heavy (non-hydrogen) atoms. The Kier molecular flexibility index (Phi) is 2.60. The average molecular weight is 188 g/mol. The van der Waals surface area contributed by atoms with Gasteiger partial charge in [0.15, 0.2) is 5.82 Å². The van der Waals surface area contributed by atoms with Crippen molar-refractivity contribution in [2.75, 3.05) is 0 Å². The summed E-state index contributed by atoms with van der Waals surface area (Å²) >= 11 is 5.37. The molecule has 2 N–H and O–H groups in total. The molecule has 0 saturated carbocycles. The highest BCUT2D eigenvalue weighted by Crippen LogP contribution is 2.21. The Morgan fingerprint density at radius 1 is 1.50 bits per heavy atom.